The van der Waals surface area contributed by atoms with Gasteiger partial charge in [-0.25, -0.2) is 8.42 Å². The Balaban J connectivity index is 1.26. The minimum absolute atomic E-state index is 0.0513. The maximum atomic E-state index is 12.7. The zero-order chi connectivity index (χ0) is 26.3. The van der Waals surface area contributed by atoms with Gasteiger partial charge in [-0.05, 0) is 66.9 Å². The first-order chi connectivity index (χ1) is 17.8. The highest BCUT2D eigenvalue weighted by molar-refractivity contribution is 7.92. The highest BCUT2D eigenvalue weighted by atomic mass is 32.2. The molecule has 9 nitrogen and oxygen atoms in total. The number of carbonyl (C=O) groups is 2. The lowest BCUT2D eigenvalue weighted by molar-refractivity contribution is -0.129. The van der Waals surface area contributed by atoms with Gasteiger partial charge in [0.15, 0.2) is 6.61 Å². The second-order valence-electron chi connectivity index (χ2n) is 8.61. The van der Waals surface area contributed by atoms with Crippen molar-refractivity contribution in [2.45, 2.75) is 24.2 Å². The van der Waals surface area contributed by atoms with Crippen molar-refractivity contribution in [3.05, 3.63) is 78.4 Å². The molecule has 0 aliphatic carbocycles. The van der Waals surface area contributed by atoms with Crippen LogP contribution in [0.4, 0.5) is 11.4 Å². The van der Waals surface area contributed by atoms with Crippen LogP contribution in [0, 0.1) is 0 Å². The first kappa shape index (κ1) is 26.0. The molecule has 0 aromatic heterocycles. The molecule has 0 atom stereocenters. The lowest BCUT2D eigenvalue weighted by atomic mass is 10.1. The van der Waals surface area contributed by atoms with Crippen LogP contribution in [0.2, 0.25) is 0 Å². The van der Waals surface area contributed by atoms with E-state index in [1.54, 1.807) is 36.4 Å². The Morgan fingerprint density at radius 2 is 1.59 bits per heavy atom. The van der Waals surface area contributed by atoms with Crippen LogP contribution in [0.3, 0.4) is 0 Å². The fourth-order valence-corrected chi connectivity index (χ4v) is 4.97. The Bertz CT molecular complexity index is 1340. The third-order valence-electron chi connectivity index (χ3n) is 5.88. The van der Waals surface area contributed by atoms with E-state index in [1.807, 2.05) is 17.0 Å². The number of amides is 2. The molecule has 3 aromatic carbocycles. The molecule has 37 heavy (non-hydrogen) atoms. The van der Waals surface area contributed by atoms with Gasteiger partial charge in [0.1, 0.15) is 11.5 Å². The minimum Gasteiger partial charge on any atom is -0.497 e. The summed E-state index contributed by atoms with van der Waals surface area (Å²) in [7, 11) is -2.30. The van der Waals surface area contributed by atoms with E-state index in [1.165, 1.54) is 31.4 Å². The van der Waals surface area contributed by atoms with Crippen LogP contribution in [0.1, 0.15) is 18.4 Å². The van der Waals surface area contributed by atoms with Crippen LogP contribution in [0.15, 0.2) is 77.7 Å². The smallest absolute Gasteiger partial charge is 0.262 e. The van der Waals surface area contributed by atoms with Crippen molar-refractivity contribution >= 4 is 33.2 Å². The maximum Gasteiger partial charge on any atom is 0.262 e. The van der Waals surface area contributed by atoms with E-state index in [2.05, 4.69) is 10.0 Å². The molecule has 0 spiro atoms. The summed E-state index contributed by atoms with van der Waals surface area (Å²) < 4.78 is 38.4. The molecule has 3 aromatic rings. The molecule has 0 saturated carbocycles. The van der Waals surface area contributed by atoms with Gasteiger partial charge in [-0.2, -0.15) is 0 Å². The molecule has 1 saturated heterocycles. The number of nitrogens with one attached hydrogen (secondary N) is 2. The Morgan fingerprint density at radius 1 is 0.892 bits per heavy atom. The van der Waals surface area contributed by atoms with Crippen molar-refractivity contribution in [3.63, 3.8) is 0 Å². The van der Waals surface area contributed by atoms with E-state index >= 15 is 0 Å². The van der Waals surface area contributed by atoms with Gasteiger partial charge in [0.05, 0.1) is 24.1 Å². The Morgan fingerprint density at radius 3 is 2.27 bits per heavy atom. The van der Waals surface area contributed by atoms with Crippen molar-refractivity contribution < 1.29 is 27.5 Å². The van der Waals surface area contributed by atoms with Gasteiger partial charge in [0, 0.05) is 24.8 Å². The van der Waals surface area contributed by atoms with E-state index in [0.717, 1.165) is 31.5 Å². The topological polar surface area (TPSA) is 114 Å². The molecule has 1 heterocycles. The quantitative estimate of drug-likeness (QED) is 0.419. The first-order valence-electron chi connectivity index (χ1n) is 11.9. The number of nitrogens with zero attached hydrogens (tertiary/aromatic N) is 1. The molecule has 1 fully saturated rings. The first-order valence-corrected chi connectivity index (χ1v) is 13.4. The minimum atomic E-state index is -3.81. The van der Waals surface area contributed by atoms with Gasteiger partial charge < -0.3 is 19.7 Å². The third kappa shape index (κ3) is 7.23. The second kappa shape index (κ2) is 11.8. The molecule has 194 valence electrons. The molecule has 0 radical (unpaired) electrons. The van der Waals surface area contributed by atoms with Crippen molar-refractivity contribution in [2.75, 3.05) is 36.8 Å². The molecule has 2 N–H and O–H groups in total. The van der Waals surface area contributed by atoms with Gasteiger partial charge in [0.2, 0.25) is 5.91 Å². The summed E-state index contributed by atoms with van der Waals surface area (Å²) in [6.07, 6.45) is 2.46. The van der Waals surface area contributed by atoms with Gasteiger partial charge in [0.25, 0.3) is 15.9 Å². The summed E-state index contributed by atoms with van der Waals surface area (Å²) in [4.78, 5) is 26.5. The molecule has 10 heteroatoms. The average molecular weight is 524 g/mol. The largest absolute Gasteiger partial charge is 0.497 e. The predicted molar refractivity (Wildman–Crippen MR) is 140 cm³/mol. The lowest BCUT2D eigenvalue weighted by Gasteiger charge is -2.15. The van der Waals surface area contributed by atoms with Crippen LogP contribution in [-0.4, -0.2) is 51.9 Å². The van der Waals surface area contributed by atoms with Crippen molar-refractivity contribution in [1.29, 1.82) is 0 Å². The van der Waals surface area contributed by atoms with Crippen molar-refractivity contribution in [1.82, 2.24) is 4.90 Å². The Kier molecular flexibility index (Phi) is 8.29. The average Bonchev–Trinajstić information content (AvgIpc) is 3.44. The number of likely N-dealkylation sites (tertiary alicyclic amines) is 1. The predicted octanol–water partition coefficient (Wildman–Crippen LogP) is 3.68. The van der Waals surface area contributed by atoms with E-state index in [4.69, 9.17) is 9.47 Å². The lowest BCUT2D eigenvalue weighted by Crippen LogP contribution is -2.29. The summed E-state index contributed by atoms with van der Waals surface area (Å²) in [6.45, 7) is 1.40. The Labute approximate surface area is 216 Å². The van der Waals surface area contributed by atoms with Gasteiger partial charge in [-0.1, -0.05) is 18.2 Å². The van der Waals surface area contributed by atoms with E-state index < -0.39 is 10.0 Å². The van der Waals surface area contributed by atoms with E-state index in [0.29, 0.717) is 29.3 Å². The molecule has 4 rings (SSSR count). The summed E-state index contributed by atoms with van der Waals surface area (Å²) in [5.74, 6) is 0.645. The normalized spacial score (nSPS) is 13.2. The van der Waals surface area contributed by atoms with Gasteiger partial charge >= 0.3 is 0 Å². The molecule has 1 aliphatic rings. The molecule has 0 unspecified atom stereocenters. The maximum absolute atomic E-state index is 12.7. The van der Waals surface area contributed by atoms with E-state index in [9.17, 15) is 18.0 Å². The number of hydrogen-bond donors (Lipinski definition) is 2. The second-order valence-corrected chi connectivity index (χ2v) is 10.3. The number of ether oxygens (including phenoxy) is 2. The van der Waals surface area contributed by atoms with Crippen LogP contribution >= 0.6 is 0 Å². The van der Waals surface area contributed by atoms with Crippen LogP contribution < -0.4 is 19.5 Å². The van der Waals surface area contributed by atoms with E-state index in [-0.39, 0.29) is 23.3 Å². The monoisotopic (exact) mass is 523 g/mol. The van der Waals surface area contributed by atoms with Gasteiger partial charge in [-0.3, -0.25) is 14.3 Å². The van der Waals surface area contributed by atoms with Crippen molar-refractivity contribution in [2.24, 2.45) is 0 Å². The Hall–Kier alpha value is -4.05. The highest BCUT2D eigenvalue weighted by Crippen LogP contribution is 2.22. The number of hydrogen-bond acceptors (Lipinski definition) is 6. The molecular formula is C27H29N3O6S. The summed E-state index contributed by atoms with van der Waals surface area (Å²) in [5, 5.41) is 2.74. The molecule has 2 amide bonds. The molecule has 1 aliphatic heterocycles. The zero-order valence-corrected chi connectivity index (χ0v) is 21.3. The van der Waals surface area contributed by atoms with Gasteiger partial charge in [-0.15, -0.1) is 0 Å². The number of methoxy groups -OCH3 is 1. The summed E-state index contributed by atoms with van der Waals surface area (Å²) in [6, 6.07) is 19.5. The highest BCUT2D eigenvalue weighted by Gasteiger charge is 2.18. The van der Waals surface area contributed by atoms with Crippen LogP contribution in [0.5, 0.6) is 11.5 Å². The summed E-state index contributed by atoms with van der Waals surface area (Å²) >= 11 is 0. The van der Waals surface area contributed by atoms with Crippen LogP contribution in [-0.2, 0) is 26.0 Å². The van der Waals surface area contributed by atoms with Crippen molar-refractivity contribution in [3.8, 4) is 11.5 Å². The van der Waals surface area contributed by atoms with Crippen LogP contribution in [0.25, 0.3) is 0 Å². The fraction of sp³-hybridized carbons (Fsp3) is 0.259. The molecule has 0 bridgehead atoms. The summed E-state index contributed by atoms with van der Waals surface area (Å²) in [5.41, 5.74) is 1.86. The zero-order valence-electron chi connectivity index (χ0n) is 20.5. The number of anilines is 2. The number of benzene rings is 3. The standard InChI is InChI=1S/C27H29N3O6S/c1-35-24-6-4-5-22(18-24)29-37(33,34)25-13-11-23(12-14-25)36-19-26(31)28-21-9-7-20(8-10-21)17-27(32)30-15-2-3-16-30/h4-14,18,29H,2-3,15-17,19H2,1H3,(H,28,31). The fourth-order valence-electron chi connectivity index (χ4n) is 3.92. The molecular weight excluding hydrogens is 494 g/mol. The third-order valence-corrected chi connectivity index (χ3v) is 7.27. The SMILES string of the molecule is COc1cccc(NS(=O)(=O)c2ccc(OCC(=O)Nc3ccc(CC(=O)N4CCCC4)cc3)cc2)c1. The number of carbonyl (C=O) groups excluding carboxylic acids is 2. The number of sulfonamides is 1. The number of rotatable bonds is 10.